The predicted molar refractivity (Wildman–Crippen MR) is 206 cm³/mol. The molecule has 53 heavy (non-hydrogen) atoms. The monoisotopic (exact) mass is 755 g/mol. The van der Waals surface area contributed by atoms with E-state index in [0.717, 1.165) is 24.8 Å². The van der Waals surface area contributed by atoms with Gasteiger partial charge in [0.25, 0.3) is 5.91 Å². The molecule has 0 aliphatic carbocycles. The lowest BCUT2D eigenvalue weighted by Gasteiger charge is -2.40. The molecular formula is C38H61N9O5S. The van der Waals surface area contributed by atoms with Crippen LogP contribution in [0.5, 0.6) is 5.75 Å². The second-order valence-corrected chi connectivity index (χ2v) is 16.1. The first-order chi connectivity index (χ1) is 25.0. The van der Waals surface area contributed by atoms with Crippen molar-refractivity contribution in [2.24, 2.45) is 17.3 Å². The van der Waals surface area contributed by atoms with Gasteiger partial charge in [0.1, 0.15) is 28.6 Å². The molecule has 0 fully saturated rings. The molecule has 2 aromatic heterocycles. The largest absolute Gasteiger partial charge is 0.508 e. The van der Waals surface area contributed by atoms with Crippen molar-refractivity contribution < 1.29 is 24.2 Å². The average Bonchev–Trinajstić information content (AvgIpc) is 3.84. The van der Waals surface area contributed by atoms with Crippen molar-refractivity contribution >= 4 is 29.1 Å². The number of carbonyl (C=O) groups is 3. The molecule has 0 saturated heterocycles. The number of tetrazole rings is 1. The summed E-state index contributed by atoms with van der Waals surface area (Å²) in [6, 6.07) is 4.74. The Kier molecular flexibility index (Phi) is 16.3. The van der Waals surface area contributed by atoms with Gasteiger partial charge in [0, 0.05) is 37.9 Å². The molecule has 294 valence electrons. The van der Waals surface area contributed by atoms with Crippen LogP contribution in [-0.4, -0.2) is 104 Å². The van der Waals surface area contributed by atoms with Crippen LogP contribution >= 0.6 is 11.3 Å². The number of thiazole rings is 1. The average molecular weight is 756 g/mol. The van der Waals surface area contributed by atoms with Crippen molar-refractivity contribution in [3.05, 3.63) is 51.7 Å². The maximum atomic E-state index is 14.4. The number of aromatic nitrogens is 5. The third-order valence-corrected chi connectivity index (χ3v) is 11.1. The van der Waals surface area contributed by atoms with Crippen LogP contribution in [0.4, 0.5) is 0 Å². The third kappa shape index (κ3) is 11.8. The summed E-state index contributed by atoms with van der Waals surface area (Å²) in [5, 5.41) is 32.5. The van der Waals surface area contributed by atoms with Crippen LogP contribution < -0.4 is 10.6 Å². The molecule has 2 heterocycles. The molecule has 0 bridgehead atoms. The number of aromatic hydroxyl groups is 1. The molecule has 0 saturated carbocycles. The number of nitrogens with one attached hydrogen (secondary N) is 3. The summed E-state index contributed by atoms with van der Waals surface area (Å²) in [5.74, 6) is -0.284. The highest BCUT2D eigenvalue weighted by Crippen LogP contribution is 2.32. The number of nitrogens with zero attached hydrogens (tertiary/aromatic N) is 6. The number of amides is 3. The second-order valence-electron chi connectivity index (χ2n) is 15.2. The first-order valence-electron chi connectivity index (χ1n) is 18.7. The number of likely N-dealkylation sites (N-methyl/N-ethyl adjacent to an activating group) is 2. The van der Waals surface area contributed by atoms with Gasteiger partial charge >= 0.3 is 0 Å². The van der Waals surface area contributed by atoms with Crippen molar-refractivity contribution in [2.45, 2.75) is 118 Å². The number of phenolic OH excluding ortho intramolecular Hbond substituents is 1. The molecule has 14 nitrogen and oxygen atoms in total. The summed E-state index contributed by atoms with van der Waals surface area (Å²) in [7, 11) is 5.60. The number of benzene rings is 1. The molecule has 0 aliphatic rings. The highest BCUT2D eigenvalue weighted by Gasteiger charge is 2.40. The van der Waals surface area contributed by atoms with E-state index in [0.29, 0.717) is 30.3 Å². The van der Waals surface area contributed by atoms with Gasteiger partial charge in [-0.3, -0.25) is 19.3 Å². The molecule has 3 aromatic rings. The SMILES string of the molecule is CCCOC(CC(C(C)C)N(C)C(=O)C(NC(=O)C(N(C)C)C(C)(C)CC)C(C)CC)c1nc(C(=O)NC(Cc2ccc(O)cc2)c2nn[nH]n2)cs1. The second kappa shape index (κ2) is 19.9. The summed E-state index contributed by atoms with van der Waals surface area (Å²) in [6.07, 6.45) is 2.64. The molecular weight excluding hydrogens is 695 g/mol. The third-order valence-electron chi connectivity index (χ3n) is 10.2. The minimum absolute atomic E-state index is 0.0526. The zero-order valence-electron chi connectivity index (χ0n) is 33.3. The van der Waals surface area contributed by atoms with E-state index >= 15 is 0 Å². The molecule has 0 radical (unpaired) electrons. The minimum atomic E-state index is -0.701. The van der Waals surface area contributed by atoms with Crippen LogP contribution in [0.2, 0.25) is 0 Å². The zero-order chi connectivity index (χ0) is 39.5. The first-order valence-corrected chi connectivity index (χ1v) is 19.5. The van der Waals surface area contributed by atoms with E-state index in [1.54, 1.807) is 41.6 Å². The Hall–Kier alpha value is -3.95. The predicted octanol–water partition coefficient (Wildman–Crippen LogP) is 5.31. The quantitative estimate of drug-likeness (QED) is 0.111. The number of carbonyl (C=O) groups excluding carboxylic acids is 3. The van der Waals surface area contributed by atoms with Gasteiger partial charge in [-0.15, -0.1) is 21.5 Å². The number of H-pyrrole nitrogens is 1. The topological polar surface area (TPSA) is 179 Å². The number of phenols is 1. The smallest absolute Gasteiger partial charge is 0.271 e. The molecule has 6 unspecified atom stereocenters. The van der Waals surface area contributed by atoms with Crippen LogP contribution in [0.1, 0.15) is 120 Å². The lowest BCUT2D eigenvalue weighted by molar-refractivity contribution is -0.142. The van der Waals surface area contributed by atoms with E-state index in [4.69, 9.17) is 9.72 Å². The van der Waals surface area contributed by atoms with E-state index in [1.165, 1.54) is 11.3 Å². The van der Waals surface area contributed by atoms with E-state index in [9.17, 15) is 19.5 Å². The van der Waals surface area contributed by atoms with Crippen LogP contribution in [0.3, 0.4) is 0 Å². The number of rotatable bonds is 21. The van der Waals surface area contributed by atoms with Crippen LogP contribution in [0.25, 0.3) is 0 Å². The molecule has 15 heteroatoms. The van der Waals surface area contributed by atoms with E-state index in [1.807, 2.05) is 39.8 Å². The number of hydrogen-bond acceptors (Lipinski definition) is 11. The Labute approximate surface area is 318 Å². The maximum absolute atomic E-state index is 14.4. The first kappa shape index (κ1) is 43.5. The standard InChI is InChI=1S/C38H61N9O5S/c1-12-19-52-30(36-40-28(22-53-36)34(49)39-27(33-42-44-45-43-33)20-25-15-17-26(48)18-16-25)21-29(23(4)5)47(11)37(51)31(24(6)13-2)41-35(50)32(46(9)10)38(7,8)14-3/h15-18,22-24,27,29-32,48H,12-14,19-21H2,1-11H3,(H,39,49)(H,41,50)(H,42,43,44,45). The number of hydrogen-bond donors (Lipinski definition) is 4. The van der Waals surface area contributed by atoms with Crippen LogP contribution in [0.15, 0.2) is 29.6 Å². The summed E-state index contributed by atoms with van der Waals surface area (Å²) in [6.45, 7) is 16.9. The highest BCUT2D eigenvalue weighted by atomic mass is 32.1. The molecule has 3 rings (SSSR count). The number of aromatic amines is 1. The molecule has 6 atom stereocenters. The number of ether oxygens (including phenoxy) is 1. The Bertz CT molecular complexity index is 1580. The van der Waals surface area contributed by atoms with Gasteiger partial charge in [-0.2, -0.15) is 5.21 Å². The summed E-state index contributed by atoms with van der Waals surface area (Å²) < 4.78 is 6.36. The van der Waals surface area contributed by atoms with Crippen molar-refractivity contribution in [3.63, 3.8) is 0 Å². The van der Waals surface area contributed by atoms with Gasteiger partial charge in [-0.05, 0) is 61.9 Å². The molecule has 3 amide bonds. The van der Waals surface area contributed by atoms with Crippen molar-refractivity contribution in [2.75, 3.05) is 27.7 Å². The van der Waals surface area contributed by atoms with Crippen LogP contribution in [0, 0.1) is 17.3 Å². The Morgan fingerprint density at radius 1 is 1.04 bits per heavy atom. The van der Waals surface area contributed by atoms with E-state index < -0.39 is 30.1 Å². The highest BCUT2D eigenvalue weighted by molar-refractivity contribution is 7.09. The van der Waals surface area contributed by atoms with E-state index in [2.05, 4.69) is 65.9 Å². The van der Waals surface area contributed by atoms with Crippen molar-refractivity contribution in [3.8, 4) is 5.75 Å². The Balaban J connectivity index is 1.84. The van der Waals surface area contributed by atoms with Crippen molar-refractivity contribution in [1.82, 2.24) is 46.0 Å². The van der Waals surface area contributed by atoms with Crippen LogP contribution in [-0.2, 0) is 20.7 Å². The van der Waals surface area contributed by atoms with Crippen molar-refractivity contribution in [1.29, 1.82) is 0 Å². The normalized spacial score (nSPS) is 15.4. The molecule has 0 aliphatic heterocycles. The van der Waals surface area contributed by atoms with Gasteiger partial charge in [-0.25, -0.2) is 4.98 Å². The zero-order valence-corrected chi connectivity index (χ0v) is 34.2. The summed E-state index contributed by atoms with van der Waals surface area (Å²) >= 11 is 1.33. The molecule has 4 N–H and O–H groups in total. The summed E-state index contributed by atoms with van der Waals surface area (Å²) in [4.78, 5) is 50.2. The Morgan fingerprint density at radius 3 is 2.26 bits per heavy atom. The fourth-order valence-electron chi connectivity index (χ4n) is 6.54. The molecule has 1 aromatic carbocycles. The fourth-order valence-corrected chi connectivity index (χ4v) is 7.40. The minimum Gasteiger partial charge on any atom is -0.508 e. The van der Waals surface area contributed by atoms with E-state index in [-0.39, 0.29) is 46.6 Å². The lowest BCUT2D eigenvalue weighted by Crippen LogP contribution is -2.59. The lowest BCUT2D eigenvalue weighted by atomic mass is 9.80. The fraction of sp³-hybridized carbons (Fsp3) is 0.658. The summed E-state index contributed by atoms with van der Waals surface area (Å²) in [5.41, 5.74) is 0.794. The van der Waals surface area contributed by atoms with Gasteiger partial charge in [0.15, 0.2) is 5.82 Å². The Morgan fingerprint density at radius 2 is 1.72 bits per heavy atom. The maximum Gasteiger partial charge on any atom is 0.271 e. The van der Waals surface area contributed by atoms with Gasteiger partial charge in [0.05, 0.1) is 12.1 Å². The van der Waals surface area contributed by atoms with Gasteiger partial charge in [0.2, 0.25) is 11.8 Å². The van der Waals surface area contributed by atoms with Gasteiger partial charge in [-0.1, -0.05) is 79.2 Å². The molecule has 0 spiro atoms. The van der Waals surface area contributed by atoms with Gasteiger partial charge < -0.3 is 25.4 Å².